The number of halogens is 1. The highest BCUT2D eigenvalue weighted by atomic mass is 35.5. The summed E-state index contributed by atoms with van der Waals surface area (Å²) < 4.78 is 1.76. The average Bonchev–Trinajstić information content (AvgIpc) is 2.89. The predicted octanol–water partition coefficient (Wildman–Crippen LogP) is 2.99. The molecule has 21 heavy (non-hydrogen) atoms. The van der Waals surface area contributed by atoms with Crippen molar-refractivity contribution in [3.63, 3.8) is 0 Å². The van der Waals surface area contributed by atoms with Crippen molar-refractivity contribution in [1.29, 1.82) is 0 Å². The number of carbonyl (C=O) groups is 1. The number of nitrogens with zero attached hydrogens (tertiary/aromatic N) is 3. The van der Waals surface area contributed by atoms with Gasteiger partial charge in [0.1, 0.15) is 0 Å². The Kier molecular flexibility index (Phi) is 3.97. The minimum absolute atomic E-state index is 0.169. The molecule has 5 heteroatoms. The van der Waals surface area contributed by atoms with Gasteiger partial charge in [-0.1, -0.05) is 11.6 Å². The average molecular weight is 304 g/mol. The van der Waals surface area contributed by atoms with E-state index in [0.717, 1.165) is 42.1 Å². The van der Waals surface area contributed by atoms with E-state index in [9.17, 15) is 4.79 Å². The van der Waals surface area contributed by atoms with Gasteiger partial charge in [-0.15, -0.1) is 0 Å². The van der Waals surface area contributed by atoms with E-state index in [2.05, 4.69) is 5.10 Å². The zero-order chi connectivity index (χ0) is 14.8. The van der Waals surface area contributed by atoms with E-state index in [4.69, 9.17) is 11.6 Å². The first-order chi connectivity index (χ1) is 10.1. The van der Waals surface area contributed by atoms with Crippen molar-refractivity contribution in [2.45, 2.75) is 25.7 Å². The minimum Gasteiger partial charge on any atom is -0.312 e. The molecule has 0 spiro atoms. The summed E-state index contributed by atoms with van der Waals surface area (Å²) in [6.45, 7) is 0.792. The van der Waals surface area contributed by atoms with Gasteiger partial charge < -0.3 is 4.90 Å². The van der Waals surface area contributed by atoms with Crippen LogP contribution >= 0.6 is 11.6 Å². The molecule has 1 aromatic heterocycles. The Bertz CT molecular complexity index is 665. The van der Waals surface area contributed by atoms with Gasteiger partial charge in [0.2, 0.25) is 5.91 Å². The van der Waals surface area contributed by atoms with Crippen LogP contribution in [0.2, 0.25) is 5.02 Å². The summed E-state index contributed by atoms with van der Waals surface area (Å²) in [6.07, 6.45) is 6.99. The van der Waals surface area contributed by atoms with Crippen LogP contribution in [0.4, 0.5) is 5.69 Å². The molecule has 0 atom stereocenters. The molecule has 0 fully saturated rings. The molecular formula is C16H18ClN3O. The number of aryl methyl sites for hydroxylation is 3. The monoisotopic (exact) mass is 303 g/mol. The fourth-order valence-electron chi connectivity index (χ4n) is 2.81. The second kappa shape index (κ2) is 5.90. The van der Waals surface area contributed by atoms with E-state index in [1.807, 2.05) is 42.5 Å². The highest BCUT2D eigenvalue weighted by Crippen LogP contribution is 2.30. The Morgan fingerprint density at radius 1 is 1.43 bits per heavy atom. The van der Waals surface area contributed by atoms with Gasteiger partial charge in [-0.2, -0.15) is 5.10 Å². The minimum atomic E-state index is 0.169. The number of hydrogen-bond donors (Lipinski definition) is 0. The Labute approximate surface area is 129 Å². The summed E-state index contributed by atoms with van der Waals surface area (Å²) in [5, 5.41) is 4.86. The number of anilines is 1. The number of hydrogen-bond acceptors (Lipinski definition) is 2. The van der Waals surface area contributed by atoms with Crippen LogP contribution in [0.5, 0.6) is 0 Å². The summed E-state index contributed by atoms with van der Waals surface area (Å²) in [5.41, 5.74) is 3.28. The first-order valence-corrected chi connectivity index (χ1v) is 7.57. The van der Waals surface area contributed by atoms with E-state index in [1.165, 1.54) is 5.56 Å². The molecule has 4 nitrogen and oxygen atoms in total. The third-order valence-electron chi connectivity index (χ3n) is 3.85. The molecule has 2 aromatic rings. The third-order valence-corrected chi connectivity index (χ3v) is 4.08. The van der Waals surface area contributed by atoms with Gasteiger partial charge >= 0.3 is 0 Å². The van der Waals surface area contributed by atoms with Crippen LogP contribution in [0.1, 0.15) is 24.0 Å². The number of rotatable bonds is 3. The third kappa shape index (κ3) is 3.10. The van der Waals surface area contributed by atoms with Crippen molar-refractivity contribution >= 4 is 23.2 Å². The molecule has 0 aliphatic carbocycles. The van der Waals surface area contributed by atoms with Gasteiger partial charge in [-0.3, -0.25) is 9.48 Å². The summed E-state index contributed by atoms with van der Waals surface area (Å²) >= 11 is 6.03. The van der Waals surface area contributed by atoms with Crippen molar-refractivity contribution in [2.75, 3.05) is 11.4 Å². The van der Waals surface area contributed by atoms with E-state index in [0.29, 0.717) is 6.42 Å². The maximum atomic E-state index is 12.5. The Balaban J connectivity index is 1.71. The van der Waals surface area contributed by atoms with Gasteiger partial charge in [-0.05, 0) is 48.6 Å². The molecule has 0 unspecified atom stereocenters. The predicted molar refractivity (Wildman–Crippen MR) is 83.7 cm³/mol. The van der Waals surface area contributed by atoms with Crippen molar-refractivity contribution in [3.8, 4) is 0 Å². The number of benzene rings is 1. The van der Waals surface area contributed by atoms with E-state index >= 15 is 0 Å². The van der Waals surface area contributed by atoms with Crippen molar-refractivity contribution < 1.29 is 4.79 Å². The second-order valence-electron chi connectivity index (χ2n) is 5.44. The smallest absolute Gasteiger partial charge is 0.227 e. The highest BCUT2D eigenvalue weighted by Gasteiger charge is 2.22. The van der Waals surface area contributed by atoms with Crippen LogP contribution in [0.15, 0.2) is 30.6 Å². The topological polar surface area (TPSA) is 38.1 Å². The van der Waals surface area contributed by atoms with Crippen LogP contribution in [0.25, 0.3) is 0 Å². The second-order valence-corrected chi connectivity index (χ2v) is 5.88. The van der Waals surface area contributed by atoms with Crippen LogP contribution in [0, 0.1) is 0 Å². The molecule has 1 aliphatic heterocycles. The Hall–Kier alpha value is -1.81. The van der Waals surface area contributed by atoms with Gasteiger partial charge in [0.15, 0.2) is 0 Å². The highest BCUT2D eigenvalue weighted by molar-refractivity contribution is 6.30. The van der Waals surface area contributed by atoms with Crippen LogP contribution in [-0.4, -0.2) is 22.2 Å². The quantitative estimate of drug-likeness (QED) is 0.874. The molecule has 0 N–H and O–H groups in total. The lowest BCUT2D eigenvalue weighted by molar-refractivity contribution is -0.118. The standard InChI is InChI=1S/C16H18ClN3O/c1-19-11-12(10-18-19)4-7-16(21)20-8-2-3-13-9-14(17)5-6-15(13)20/h5-6,9-11H,2-4,7-8H2,1H3. The molecule has 1 aliphatic rings. The molecule has 1 amide bonds. The molecule has 0 saturated carbocycles. The molecule has 0 radical (unpaired) electrons. The van der Waals surface area contributed by atoms with E-state index in [1.54, 1.807) is 4.68 Å². The van der Waals surface area contributed by atoms with Crippen LogP contribution in [-0.2, 0) is 24.7 Å². The Morgan fingerprint density at radius 3 is 3.05 bits per heavy atom. The summed E-state index contributed by atoms with van der Waals surface area (Å²) in [6, 6.07) is 5.78. The molecule has 3 rings (SSSR count). The Morgan fingerprint density at radius 2 is 2.29 bits per heavy atom. The zero-order valence-electron chi connectivity index (χ0n) is 12.1. The fraction of sp³-hybridized carbons (Fsp3) is 0.375. The molecule has 2 heterocycles. The molecular weight excluding hydrogens is 286 g/mol. The van der Waals surface area contributed by atoms with Gasteiger partial charge in [0.25, 0.3) is 0 Å². The maximum absolute atomic E-state index is 12.5. The maximum Gasteiger partial charge on any atom is 0.227 e. The number of aromatic nitrogens is 2. The largest absolute Gasteiger partial charge is 0.312 e. The normalized spacial score (nSPS) is 14.1. The molecule has 1 aromatic carbocycles. The van der Waals surface area contributed by atoms with Gasteiger partial charge in [0, 0.05) is 36.9 Å². The lowest BCUT2D eigenvalue weighted by atomic mass is 10.0. The lowest BCUT2D eigenvalue weighted by Crippen LogP contribution is -2.35. The number of fused-ring (bicyclic) bond motifs is 1. The number of amides is 1. The first kappa shape index (κ1) is 14.1. The SMILES string of the molecule is Cn1cc(CCC(=O)N2CCCc3cc(Cl)ccc32)cn1. The van der Waals surface area contributed by atoms with Gasteiger partial charge in [-0.25, -0.2) is 0 Å². The van der Waals surface area contributed by atoms with Crippen LogP contribution < -0.4 is 4.90 Å². The van der Waals surface area contributed by atoms with Gasteiger partial charge in [0.05, 0.1) is 6.20 Å². The van der Waals surface area contributed by atoms with Crippen molar-refractivity contribution in [3.05, 3.63) is 46.7 Å². The zero-order valence-corrected chi connectivity index (χ0v) is 12.8. The van der Waals surface area contributed by atoms with Crippen LogP contribution in [0.3, 0.4) is 0 Å². The fourth-order valence-corrected chi connectivity index (χ4v) is 3.01. The molecule has 0 saturated heterocycles. The van der Waals surface area contributed by atoms with Crippen molar-refractivity contribution in [1.82, 2.24) is 9.78 Å². The molecule has 0 bridgehead atoms. The summed E-state index contributed by atoms with van der Waals surface area (Å²) in [7, 11) is 1.88. The van der Waals surface area contributed by atoms with E-state index < -0.39 is 0 Å². The van der Waals surface area contributed by atoms with E-state index in [-0.39, 0.29) is 5.91 Å². The molecule has 110 valence electrons. The summed E-state index contributed by atoms with van der Waals surface area (Å²) in [5.74, 6) is 0.169. The van der Waals surface area contributed by atoms with Crippen molar-refractivity contribution in [2.24, 2.45) is 7.05 Å². The summed E-state index contributed by atoms with van der Waals surface area (Å²) in [4.78, 5) is 14.4. The number of carbonyl (C=O) groups excluding carboxylic acids is 1. The first-order valence-electron chi connectivity index (χ1n) is 7.20. The lowest BCUT2D eigenvalue weighted by Gasteiger charge is -2.29.